The highest BCUT2D eigenvalue weighted by molar-refractivity contribution is 5.15. The Morgan fingerprint density at radius 2 is 1.81 bits per heavy atom. The first-order valence-electron chi connectivity index (χ1n) is 8.85. The molecule has 2 nitrogen and oxygen atoms in total. The van der Waals surface area contributed by atoms with Gasteiger partial charge in [0.15, 0.2) is 0 Å². The molecule has 0 radical (unpaired) electrons. The lowest BCUT2D eigenvalue weighted by Gasteiger charge is -2.32. The normalized spacial score (nSPS) is 17.2. The van der Waals surface area contributed by atoms with E-state index in [9.17, 15) is 0 Å². The van der Waals surface area contributed by atoms with Crippen molar-refractivity contribution in [2.24, 2.45) is 5.92 Å². The third-order valence-electron chi connectivity index (χ3n) is 4.64. The van der Waals surface area contributed by atoms with Crippen LogP contribution in [0.25, 0.3) is 0 Å². The summed E-state index contributed by atoms with van der Waals surface area (Å²) in [5.41, 5.74) is 1.51. The molecule has 1 aliphatic rings. The van der Waals surface area contributed by atoms with Crippen LogP contribution in [0.4, 0.5) is 0 Å². The summed E-state index contributed by atoms with van der Waals surface area (Å²) in [6, 6.07) is 11.0. The molecule has 2 rings (SSSR count). The molecule has 2 heteroatoms. The number of piperidine rings is 1. The van der Waals surface area contributed by atoms with E-state index < -0.39 is 0 Å². The fraction of sp³-hybridized carbons (Fsp3) is 0.684. The van der Waals surface area contributed by atoms with E-state index in [0.717, 1.165) is 12.5 Å². The van der Waals surface area contributed by atoms with Gasteiger partial charge in [-0.2, -0.15) is 0 Å². The maximum atomic E-state index is 3.58. The maximum Gasteiger partial charge on any atom is 0.0107 e. The van der Waals surface area contributed by atoms with Crippen molar-refractivity contribution in [1.82, 2.24) is 10.2 Å². The highest BCUT2D eigenvalue weighted by Crippen LogP contribution is 2.21. The Bertz CT molecular complexity index is 355. The van der Waals surface area contributed by atoms with Crippen molar-refractivity contribution >= 4 is 0 Å². The molecule has 1 aromatic carbocycles. The molecule has 1 fully saturated rings. The third-order valence-corrected chi connectivity index (χ3v) is 4.64. The predicted molar refractivity (Wildman–Crippen MR) is 91.7 cm³/mol. The monoisotopic (exact) mass is 288 g/mol. The van der Waals surface area contributed by atoms with Gasteiger partial charge >= 0.3 is 0 Å². The molecule has 0 bridgehead atoms. The van der Waals surface area contributed by atoms with Gasteiger partial charge in [-0.15, -0.1) is 0 Å². The molecule has 1 aliphatic heterocycles. The zero-order valence-electron chi connectivity index (χ0n) is 13.7. The predicted octanol–water partition coefficient (Wildman–Crippen LogP) is 3.72. The van der Waals surface area contributed by atoms with Crippen LogP contribution in [0, 0.1) is 5.92 Å². The van der Waals surface area contributed by atoms with E-state index in [1.54, 1.807) is 0 Å². The summed E-state index contributed by atoms with van der Waals surface area (Å²) in [5.74, 6) is 0.890. The molecule has 1 aromatic rings. The second kappa shape index (κ2) is 9.97. The van der Waals surface area contributed by atoms with E-state index in [-0.39, 0.29) is 0 Å². The summed E-state index contributed by atoms with van der Waals surface area (Å²) in [6.07, 6.45) is 8.00. The highest BCUT2D eigenvalue weighted by Gasteiger charge is 2.18. The van der Waals surface area contributed by atoms with Crippen molar-refractivity contribution in [3.63, 3.8) is 0 Å². The molecular formula is C19H32N2. The average Bonchev–Trinajstić information content (AvgIpc) is 2.53. The van der Waals surface area contributed by atoms with Crippen LogP contribution in [0.3, 0.4) is 0 Å². The maximum absolute atomic E-state index is 3.58. The highest BCUT2D eigenvalue weighted by atomic mass is 15.1. The van der Waals surface area contributed by atoms with E-state index in [1.165, 1.54) is 70.3 Å². The van der Waals surface area contributed by atoms with Crippen molar-refractivity contribution in [2.45, 2.75) is 45.4 Å². The van der Waals surface area contributed by atoms with Crippen LogP contribution < -0.4 is 5.32 Å². The zero-order chi connectivity index (χ0) is 14.8. The second-order valence-corrected chi connectivity index (χ2v) is 6.43. The Morgan fingerprint density at radius 3 is 2.52 bits per heavy atom. The summed E-state index contributed by atoms with van der Waals surface area (Å²) in [6.45, 7) is 8.41. The number of nitrogens with zero attached hydrogens (tertiary/aromatic N) is 1. The van der Waals surface area contributed by atoms with Crippen LogP contribution in [-0.4, -0.2) is 37.6 Å². The molecular weight excluding hydrogens is 256 g/mol. The van der Waals surface area contributed by atoms with Crippen molar-refractivity contribution in [1.29, 1.82) is 0 Å². The number of rotatable bonds is 9. The number of hydrogen-bond acceptors (Lipinski definition) is 2. The Labute approximate surface area is 130 Å². The van der Waals surface area contributed by atoms with Gasteiger partial charge in [0.25, 0.3) is 0 Å². The smallest absolute Gasteiger partial charge is 0.0107 e. The van der Waals surface area contributed by atoms with Crippen LogP contribution in [0.2, 0.25) is 0 Å². The number of nitrogens with one attached hydrogen (secondary N) is 1. The molecule has 0 amide bonds. The Hall–Kier alpha value is -0.860. The molecule has 1 saturated heterocycles. The van der Waals surface area contributed by atoms with Gasteiger partial charge in [0.1, 0.15) is 0 Å². The minimum absolute atomic E-state index is 0.890. The third kappa shape index (κ3) is 6.62. The van der Waals surface area contributed by atoms with Gasteiger partial charge in [0.05, 0.1) is 0 Å². The van der Waals surface area contributed by atoms with Gasteiger partial charge in [-0.05, 0) is 56.8 Å². The van der Waals surface area contributed by atoms with Crippen molar-refractivity contribution in [2.75, 3.05) is 32.7 Å². The minimum Gasteiger partial charge on any atom is -0.315 e. The quantitative estimate of drug-likeness (QED) is 0.697. The van der Waals surface area contributed by atoms with Gasteiger partial charge in [-0.25, -0.2) is 0 Å². The first-order valence-corrected chi connectivity index (χ1v) is 8.85. The van der Waals surface area contributed by atoms with Crippen LogP contribution in [0.5, 0.6) is 0 Å². The van der Waals surface area contributed by atoms with Gasteiger partial charge in [-0.3, -0.25) is 0 Å². The number of unbranched alkanes of at least 4 members (excludes halogenated alkanes) is 2. The standard InChI is InChI=1S/C19H32N2/c1-2-3-7-12-20-13-16-21-14-10-19(11-15-21)17-18-8-5-4-6-9-18/h4-6,8-9,19-20H,2-3,7,10-17H2,1H3. The van der Waals surface area contributed by atoms with Crippen LogP contribution in [0.1, 0.15) is 44.6 Å². The fourth-order valence-electron chi connectivity index (χ4n) is 3.22. The molecule has 1 N–H and O–H groups in total. The Kier molecular flexibility index (Phi) is 7.83. The number of benzene rings is 1. The molecule has 21 heavy (non-hydrogen) atoms. The van der Waals surface area contributed by atoms with Crippen LogP contribution in [-0.2, 0) is 6.42 Å². The zero-order valence-corrected chi connectivity index (χ0v) is 13.7. The molecule has 0 aromatic heterocycles. The summed E-state index contributed by atoms with van der Waals surface area (Å²) in [5, 5.41) is 3.58. The topological polar surface area (TPSA) is 15.3 Å². The van der Waals surface area contributed by atoms with Gasteiger partial charge in [0.2, 0.25) is 0 Å². The first kappa shape index (κ1) is 16.5. The second-order valence-electron chi connectivity index (χ2n) is 6.43. The molecule has 0 saturated carbocycles. The summed E-state index contributed by atoms with van der Waals surface area (Å²) in [7, 11) is 0. The number of hydrogen-bond donors (Lipinski definition) is 1. The van der Waals surface area contributed by atoms with Crippen molar-refractivity contribution in [3.8, 4) is 0 Å². The summed E-state index contributed by atoms with van der Waals surface area (Å²) >= 11 is 0. The van der Waals surface area contributed by atoms with Crippen LogP contribution in [0.15, 0.2) is 30.3 Å². The molecule has 0 unspecified atom stereocenters. The number of likely N-dealkylation sites (tertiary alicyclic amines) is 1. The summed E-state index contributed by atoms with van der Waals surface area (Å²) < 4.78 is 0. The van der Waals surface area contributed by atoms with Gasteiger partial charge in [0, 0.05) is 13.1 Å². The lowest BCUT2D eigenvalue weighted by molar-refractivity contribution is 0.184. The lowest BCUT2D eigenvalue weighted by atomic mass is 9.90. The van der Waals surface area contributed by atoms with E-state index in [1.807, 2.05) is 0 Å². The van der Waals surface area contributed by atoms with E-state index in [4.69, 9.17) is 0 Å². The van der Waals surface area contributed by atoms with Gasteiger partial charge in [-0.1, -0.05) is 50.1 Å². The van der Waals surface area contributed by atoms with Gasteiger partial charge < -0.3 is 10.2 Å². The molecule has 0 aliphatic carbocycles. The molecule has 118 valence electrons. The Balaban J connectivity index is 1.54. The molecule has 0 spiro atoms. The van der Waals surface area contributed by atoms with Crippen LogP contribution >= 0.6 is 0 Å². The van der Waals surface area contributed by atoms with E-state index in [0.29, 0.717) is 0 Å². The van der Waals surface area contributed by atoms with E-state index >= 15 is 0 Å². The fourth-order valence-corrected chi connectivity index (χ4v) is 3.22. The molecule has 0 atom stereocenters. The average molecular weight is 288 g/mol. The Morgan fingerprint density at radius 1 is 1.05 bits per heavy atom. The largest absolute Gasteiger partial charge is 0.315 e. The lowest BCUT2D eigenvalue weighted by Crippen LogP contribution is -2.38. The SMILES string of the molecule is CCCCCNCCN1CCC(Cc2ccccc2)CC1. The van der Waals surface area contributed by atoms with E-state index in [2.05, 4.69) is 47.5 Å². The minimum atomic E-state index is 0.890. The first-order chi connectivity index (χ1) is 10.4. The van der Waals surface area contributed by atoms with Crippen molar-refractivity contribution < 1.29 is 0 Å². The summed E-state index contributed by atoms with van der Waals surface area (Å²) in [4.78, 5) is 2.63. The molecule has 1 heterocycles. The van der Waals surface area contributed by atoms with Crippen molar-refractivity contribution in [3.05, 3.63) is 35.9 Å².